The Kier molecular flexibility index (Phi) is 3.66. The molecule has 1 fully saturated rings. The van der Waals surface area contributed by atoms with Crippen LogP contribution >= 0.6 is 0 Å². The summed E-state index contributed by atoms with van der Waals surface area (Å²) >= 11 is 0. The quantitative estimate of drug-likeness (QED) is 0.595. The van der Waals surface area contributed by atoms with Crippen molar-refractivity contribution in [3.8, 4) is 0 Å². The summed E-state index contributed by atoms with van der Waals surface area (Å²) in [6, 6.07) is 0.298. The summed E-state index contributed by atoms with van der Waals surface area (Å²) < 4.78 is 21.4. The highest BCUT2D eigenvalue weighted by Gasteiger charge is 2.19. The SMILES string of the molecule is CN1CCNCC1CCS(N)(=O)=O. The summed E-state index contributed by atoms with van der Waals surface area (Å²) in [5.41, 5.74) is 0. The number of hydrogen-bond acceptors (Lipinski definition) is 4. The van der Waals surface area contributed by atoms with E-state index in [0.717, 1.165) is 19.6 Å². The molecular formula is C7H17N3O2S. The molecule has 0 amide bonds. The lowest BCUT2D eigenvalue weighted by molar-refractivity contribution is 0.196. The molecule has 0 spiro atoms. The van der Waals surface area contributed by atoms with Crippen LogP contribution in [0.2, 0.25) is 0 Å². The lowest BCUT2D eigenvalue weighted by Gasteiger charge is -2.32. The van der Waals surface area contributed by atoms with Crippen LogP contribution in [0.5, 0.6) is 0 Å². The fraction of sp³-hybridized carbons (Fsp3) is 1.00. The molecule has 1 atom stereocenters. The number of rotatable bonds is 3. The van der Waals surface area contributed by atoms with E-state index in [0.29, 0.717) is 12.5 Å². The molecule has 78 valence electrons. The van der Waals surface area contributed by atoms with Gasteiger partial charge in [0.05, 0.1) is 5.75 Å². The Hall–Kier alpha value is -0.170. The zero-order chi connectivity index (χ0) is 9.90. The Labute approximate surface area is 79.3 Å². The van der Waals surface area contributed by atoms with Gasteiger partial charge in [-0.1, -0.05) is 0 Å². The van der Waals surface area contributed by atoms with E-state index in [1.165, 1.54) is 0 Å². The molecule has 13 heavy (non-hydrogen) atoms. The summed E-state index contributed by atoms with van der Waals surface area (Å²) in [6.45, 7) is 2.80. The van der Waals surface area contributed by atoms with Gasteiger partial charge < -0.3 is 10.2 Å². The zero-order valence-electron chi connectivity index (χ0n) is 7.86. The van der Waals surface area contributed by atoms with Crippen molar-refractivity contribution >= 4 is 10.0 Å². The van der Waals surface area contributed by atoms with E-state index in [4.69, 9.17) is 5.14 Å². The minimum atomic E-state index is -3.30. The topological polar surface area (TPSA) is 75.4 Å². The first-order valence-electron chi connectivity index (χ1n) is 4.40. The molecule has 1 saturated heterocycles. The molecule has 1 rings (SSSR count). The monoisotopic (exact) mass is 207 g/mol. The maximum Gasteiger partial charge on any atom is 0.209 e. The number of likely N-dealkylation sites (N-methyl/N-ethyl adjacent to an activating group) is 1. The van der Waals surface area contributed by atoms with Crippen LogP contribution in [0.3, 0.4) is 0 Å². The van der Waals surface area contributed by atoms with Crippen LogP contribution in [0.15, 0.2) is 0 Å². The van der Waals surface area contributed by atoms with Crippen LogP contribution in [0.4, 0.5) is 0 Å². The second kappa shape index (κ2) is 4.36. The van der Waals surface area contributed by atoms with Crippen molar-refractivity contribution in [3.05, 3.63) is 0 Å². The Balaban J connectivity index is 2.35. The molecule has 1 unspecified atom stereocenters. The van der Waals surface area contributed by atoms with E-state index >= 15 is 0 Å². The van der Waals surface area contributed by atoms with Gasteiger partial charge in [0, 0.05) is 25.7 Å². The molecule has 1 aliphatic rings. The van der Waals surface area contributed by atoms with Crippen LogP contribution in [0.1, 0.15) is 6.42 Å². The van der Waals surface area contributed by atoms with Gasteiger partial charge in [0.2, 0.25) is 10.0 Å². The van der Waals surface area contributed by atoms with Crippen molar-refractivity contribution in [2.45, 2.75) is 12.5 Å². The smallest absolute Gasteiger partial charge is 0.209 e. The zero-order valence-corrected chi connectivity index (χ0v) is 8.68. The van der Waals surface area contributed by atoms with Gasteiger partial charge in [-0.3, -0.25) is 0 Å². The van der Waals surface area contributed by atoms with E-state index < -0.39 is 10.0 Å². The number of primary sulfonamides is 1. The third kappa shape index (κ3) is 4.04. The largest absolute Gasteiger partial charge is 0.314 e. The molecule has 0 aromatic heterocycles. The van der Waals surface area contributed by atoms with E-state index in [2.05, 4.69) is 10.2 Å². The lowest BCUT2D eigenvalue weighted by atomic mass is 10.1. The van der Waals surface area contributed by atoms with Gasteiger partial charge in [0.1, 0.15) is 0 Å². The Morgan fingerprint density at radius 1 is 1.62 bits per heavy atom. The van der Waals surface area contributed by atoms with Crippen LogP contribution < -0.4 is 10.5 Å². The Morgan fingerprint density at radius 3 is 2.85 bits per heavy atom. The molecule has 0 aromatic rings. The van der Waals surface area contributed by atoms with Crippen LogP contribution in [0, 0.1) is 0 Å². The van der Waals surface area contributed by atoms with E-state index in [1.54, 1.807) is 0 Å². The molecule has 6 heteroatoms. The van der Waals surface area contributed by atoms with E-state index in [-0.39, 0.29) is 5.75 Å². The van der Waals surface area contributed by atoms with E-state index in [1.807, 2.05) is 7.05 Å². The maximum absolute atomic E-state index is 10.7. The van der Waals surface area contributed by atoms with Crippen LogP contribution in [-0.2, 0) is 10.0 Å². The predicted molar refractivity (Wildman–Crippen MR) is 51.9 cm³/mol. The minimum Gasteiger partial charge on any atom is -0.314 e. The maximum atomic E-state index is 10.7. The highest BCUT2D eigenvalue weighted by Crippen LogP contribution is 2.04. The van der Waals surface area contributed by atoms with Crippen molar-refractivity contribution in [1.29, 1.82) is 0 Å². The predicted octanol–water partition coefficient (Wildman–Crippen LogP) is -1.43. The fourth-order valence-corrected chi connectivity index (χ4v) is 2.09. The molecule has 0 radical (unpaired) electrons. The normalized spacial score (nSPS) is 26.2. The lowest BCUT2D eigenvalue weighted by Crippen LogP contribution is -2.49. The third-order valence-electron chi connectivity index (χ3n) is 2.38. The number of hydrogen-bond donors (Lipinski definition) is 2. The summed E-state index contributed by atoms with van der Waals surface area (Å²) in [5.74, 6) is 0.0731. The molecule has 1 heterocycles. The molecule has 0 bridgehead atoms. The summed E-state index contributed by atoms with van der Waals surface area (Å²) in [4.78, 5) is 2.17. The average molecular weight is 207 g/mol. The van der Waals surface area contributed by atoms with Gasteiger partial charge in [-0.05, 0) is 13.5 Å². The molecule has 5 nitrogen and oxygen atoms in total. The molecule has 0 aliphatic carbocycles. The molecule has 0 aromatic carbocycles. The molecule has 0 saturated carbocycles. The van der Waals surface area contributed by atoms with Crippen molar-refractivity contribution < 1.29 is 8.42 Å². The number of sulfonamides is 1. The first-order chi connectivity index (χ1) is 5.99. The van der Waals surface area contributed by atoms with Crippen LogP contribution in [0.25, 0.3) is 0 Å². The molecule has 1 aliphatic heterocycles. The minimum absolute atomic E-state index is 0.0731. The third-order valence-corrected chi connectivity index (χ3v) is 3.18. The Bertz CT molecular complexity index is 252. The van der Waals surface area contributed by atoms with Crippen molar-refractivity contribution in [3.63, 3.8) is 0 Å². The van der Waals surface area contributed by atoms with Crippen molar-refractivity contribution in [2.24, 2.45) is 5.14 Å². The summed E-state index contributed by atoms with van der Waals surface area (Å²) in [7, 11) is -1.29. The van der Waals surface area contributed by atoms with Gasteiger partial charge in [0.15, 0.2) is 0 Å². The first-order valence-corrected chi connectivity index (χ1v) is 6.12. The van der Waals surface area contributed by atoms with Gasteiger partial charge in [-0.15, -0.1) is 0 Å². The van der Waals surface area contributed by atoms with Gasteiger partial charge in [-0.2, -0.15) is 0 Å². The Morgan fingerprint density at radius 2 is 2.31 bits per heavy atom. The highest BCUT2D eigenvalue weighted by atomic mass is 32.2. The van der Waals surface area contributed by atoms with E-state index in [9.17, 15) is 8.42 Å². The van der Waals surface area contributed by atoms with Gasteiger partial charge in [-0.25, -0.2) is 13.6 Å². The molecule has 3 N–H and O–H groups in total. The number of piperazine rings is 1. The number of nitrogens with zero attached hydrogens (tertiary/aromatic N) is 1. The standard InChI is InChI=1S/C7H17N3O2S/c1-10-4-3-9-6-7(10)2-5-13(8,11)12/h7,9H,2-6H2,1H3,(H2,8,11,12). The highest BCUT2D eigenvalue weighted by molar-refractivity contribution is 7.89. The van der Waals surface area contributed by atoms with Crippen LogP contribution in [-0.4, -0.2) is 51.8 Å². The van der Waals surface area contributed by atoms with Crippen molar-refractivity contribution in [1.82, 2.24) is 10.2 Å². The molecular weight excluding hydrogens is 190 g/mol. The fourth-order valence-electron chi connectivity index (χ4n) is 1.49. The summed E-state index contributed by atoms with van der Waals surface area (Å²) in [5, 5.41) is 8.16. The summed E-state index contributed by atoms with van der Waals surface area (Å²) in [6.07, 6.45) is 0.613. The average Bonchev–Trinajstić information content (AvgIpc) is 2.01. The second-order valence-electron chi connectivity index (χ2n) is 3.49. The van der Waals surface area contributed by atoms with Gasteiger partial charge in [0.25, 0.3) is 0 Å². The van der Waals surface area contributed by atoms with Crippen molar-refractivity contribution in [2.75, 3.05) is 32.4 Å². The first kappa shape index (κ1) is 10.9. The second-order valence-corrected chi connectivity index (χ2v) is 5.23. The number of nitrogens with two attached hydrogens (primary N) is 1. The number of nitrogens with one attached hydrogen (secondary N) is 1. The van der Waals surface area contributed by atoms with Gasteiger partial charge >= 0.3 is 0 Å².